The molecule has 3 heterocycles. The summed E-state index contributed by atoms with van der Waals surface area (Å²) < 4.78 is 39.3. The van der Waals surface area contributed by atoms with Crippen LogP contribution in [0.2, 0.25) is 0 Å². The van der Waals surface area contributed by atoms with Gasteiger partial charge in [-0.05, 0) is 57.0 Å². The summed E-state index contributed by atoms with van der Waals surface area (Å²) in [5.74, 6) is -2.02. The Morgan fingerprint density at radius 1 is 1.06 bits per heavy atom. The smallest absolute Gasteiger partial charge is 0.309 e. The quantitative estimate of drug-likeness (QED) is 0.356. The van der Waals surface area contributed by atoms with Crippen molar-refractivity contribution in [1.82, 2.24) is 14.5 Å². The second-order valence-corrected chi connectivity index (χ2v) is 8.27. The summed E-state index contributed by atoms with van der Waals surface area (Å²) >= 11 is 0. The standard InChI is InChI=1S/C25H28F2N4O4/c1-3-34-14-13-31-22-21(8-7-20(28-22)17-5-6-18(26)19(27)15-17)29-23(24(31)32)30-11-9-16(10-12-30)25(33)35-4-2/h5-8,15-16H,3-4,9-14H2,1-2H3. The van der Waals surface area contributed by atoms with E-state index in [1.54, 1.807) is 19.1 Å². The molecule has 0 N–H and O–H groups in total. The molecule has 1 aromatic carbocycles. The van der Waals surface area contributed by atoms with Crippen molar-refractivity contribution in [2.45, 2.75) is 33.2 Å². The molecule has 1 aliphatic rings. The average molecular weight is 487 g/mol. The molecule has 3 aromatic rings. The predicted octanol–water partition coefficient (Wildman–Crippen LogP) is 3.55. The van der Waals surface area contributed by atoms with E-state index < -0.39 is 11.6 Å². The van der Waals surface area contributed by atoms with Crippen LogP contribution in [0.25, 0.3) is 22.4 Å². The molecular formula is C25H28F2N4O4. The van der Waals surface area contributed by atoms with E-state index in [1.807, 2.05) is 11.8 Å². The third kappa shape index (κ3) is 5.32. The molecule has 2 aromatic heterocycles. The summed E-state index contributed by atoms with van der Waals surface area (Å²) in [5, 5.41) is 0. The van der Waals surface area contributed by atoms with Crippen LogP contribution in [0.3, 0.4) is 0 Å². The Morgan fingerprint density at radius 3 is 2.51 bits per heavy atom. The lowest BCUT2D eigenvalue weighted by Crippen LogP contribution is -2.41. The van der Waals surface area contributed by atoms with Gasteiger partial charge in [-0.2, -0.15) is 0 Å². The second-order valence-electron chi connectivity index (χ2n) is 8.27. The first-order valence-electron chi connectivity index (χ1n) is 11.8. The van der Waals surface area contributed by atoms with Gasteiger partial charge < -0.3 is 14.4 Å². The van der Waals surface area contributed by atoms with Gasteiger partial charge >= 0.3 is 5.97 Å². The van der Waals surface area contributed by atoms with Gasteiger partial charge in [0, 0.05) is 25.3 Å². The van der Waals surface area contributed by atoms with Gasteiger partial charge in [0.15, 0.2) is 23.1 Å². The topological polar surface area (TPSA) is 86.5 Å². The van der Waals surface area contributed by atoms with Gasteiger partial charge in [0.1, 0.15) is 5.52 Å². The number of ether oxygens (including phenoxy) is 2. The van der Waals surface area contributed by atoms with Gasteiger partial charge in [-0.1, -0.05) is 0 Å². The Balaban J connectivity index is 1.71. The van der Waals surface area contributed by atoms with Gasteiger partial charge in [0.25, 0.3) is 5.56 Å². The first-order chi connectivity index (χ1) is 16.9. The van der Waals surface area contributed by atoms with Crippen LogP contribution in [0.4, 0.5) is 14.6 Å². The van der Waals surface area contributed by atoms with Crippen molar-refractivity contribution in [3.05, 3.63) is 52.3 Å². The van der Waals surface area contributed by atoms with E-state index in [0.717, 1.165) is 12.1 Å². The second kappa shape index (κ2) is 10.9. The van der Waals surface area contributed by atoms with Crippen LogP contribution >= 0.6 is 0 Å². The molecule has 0 saturated carbocycles. The summed E-state index contributed by atoms with van der Waals surface area (Å²) in [5.41, 5.74) is 1.30. The first-order valence-corrected chi connectivity index (χ1v) is 11.8. The van der Waals surface area contributed by atoms with E-state index in [0.29, 0.717) is 74.0 Å². The van der Waals surface area contributed by atoms with Crippen LogP contribution in [-0.2, 0) is 20.8 Å². The van der Waals surface area contributed by atoms with E-state index in [9.17, 15) is 18.4 Å². The fourth-order valence-electron chi connectivity index (χ4n) is 4.22. The Bertz CT molecular complexity index is 1270. The predicted molar refractivity (Wildman–Crippen MR) is 127 cm³/mol. The minimum atomic E-state index is -0.974. The lowest BCUT2D eigenvalue weighted by molar-refractivity contribution is -0.148. The molecule has 10 heteroatoms. The fourth-order valence-corrected chi connectivity index (χ4v) is 4.22. The van der Waals surface area contributed by atoms with Gasteiger partial charge in [-0.3, -0.25) is 14.2 Å². The molecule has 35 heavy (non-hydrogen) atoms. The highest BCUT2D eigenvalue weighted by Crippen LogP contribution is 2.25. The van der Waals surface area contributed by atoms with Crippen molar-refractivity contribution in [2.75, 3.05) is 37.8 Å². The third-order valence-electron chi connectivity index (χ3n) is 6.07. The maximum Gasteiger partial charge on any atom is 0.309 e. The molecule has 8 nitrogen and oxygen atoms in total. The highest BCUT2D eigenvalue weighted by atomic mass is 19.2. The van der Waals surface area contributed by atoms with Crippen molar-refractivity contribution in [3.8, 4) is 11.3 Å². The number of benzene rings is 1. The number of carbonyl (C=O) groups is 1. The van der Waals surface area contributed by atoms with Gasteiger partial charge in [0.05, 0.1) is 31.4 Å². The van der Waals surface area contributed by atoms with Crippen LogP contribution in [0.5, 0.6) is 0 Å². The molecule has 0 atom stereocenters. The zero-order chi connectivity index (χ0) is 24.9. The number of halogens is 2. The number of hydrogen-bond acceptors (Lipinski definition) is 7. The zero-order valence-corrected chi connectivity index (χ0v) is 19.8. The number of esters is 1. The largest absolute Gasteiger partial charge is 0.466 e. The highest BCUT2D eigenvalue weighted by Gasteiger charge is 2.28. The SMILES string of the molecule is CCOCCn1c(=O)c(N2CCC(C(=O)OCC)CC2)nc2ccc(-c3ccc(F)c(F)c3)nc21. The van der Waals surface area contributed by atoms with Crippen molar-refractivity contribution in [3.63, 3.8) is 0 Å². The summed E-state index contributed by atoms with van der Waals surface area (Å²) in [7, 11) is 0. The van der Waals surface area contributed by atoms with Crippen molar-refractivity contribution in [1.29, 1.82) is 0 Å². The third-order valence-corrected chi connectivity index (χ3v) is 6.07. The van der Waals surface area contributed by atoms with Crippen molar-refractivity contribution < 1.29 is 23.0 Å². The normalized spacial score (nSPS) is 14.5. The number of carbonyl (C=O) groups excluding carboxylic acids is 1. The molecule has 4 rings (SSSR count). The Labute approximate surface area is 201 Å². The van der Waals surface area contributed by atoms with Gasteiger partial charge in [-0.25, -0.2) is 18.7 Å². The number of anilines is 1. The van der Waals surface area contributed by atoms with E-state index in [4.69, 9.17) is 9.47 Å². The average Bonchev–Trinajstić information content (AvgIpc) is 2.87. The van der Waals surface area contributed by atoms with E-state index >= 15 is 0 Å². The molecule has 186 valence electrons. The lowest BCUT2D eigenvalue weighted by atomic mass is 9.97. The Hall–Kier alpha value is -3.40. The monoisotopic (exact) mass is 486 g/mol. The summed E-state index contributed by atoms with van der Waals surface area (Å²) in [6.07, 6.45) is 1.15. The fraction of sp³-hybridized carbons (Fsp3) is 0.440. The number of aromatic nitrogens is 3. The number of nitrogens with zero attached hydrogens (tertiary/aromatic N) is 4. The van der Waals surface area contributed by atoms with Crippen molar-refractivity contribution in [2.24, 2.45) is 5.92 Å². The van der Waals surface area contributed by atoms with Gasteiger partial charge in [0.2, 0.25) is 0 Å². The molecule has 0 spiro atoms. The minimum Gasteiger partial charge on any atom is -0.466 e. The molecule has 0 radical (unpaired) electrons. The number of hydrogen-bond donors (Lipinski definition) is 0. The molecule has 1 aliphatic heterocycles. The van der Waals surface area contributed by atoms with Crippen LogP contribution in [0.15, 0.2) is 35.1 Å². The highest BCUT2D eigenvalue weighted by molar-refractivity contribution is 5.77. The molecule has 0 unspecified atom stereocenters. The van der Waals surface area contributed by atoms with E-state index in [-0.39, 0.29) is 24.0 Å². The molecule has 0 bridgehead atoms. The van der Waals surface area contributed by atoms with Crippen molar-refractivity contribution >= 4 is 23.0 Å². The molecule has 0 aliphatic carbocycles. The summed E-state index contributed by atoms with van der Waals surface area (Å²) in [6.45, 7) is 6.05. The van der Waals surface area contributed by atoms with Crippen LogP contribution < -0.4 is 10.5 Å². The van der Waals surface area contributed by atoms with Gasteiger partial charge in [-0.15, -0.1) is 0 Å². The number of pyridine rings is 1. The molecular weight excluding hydrogens is 458 g/mol. The minimum absolute atomic E-state index is 0.188. The van der Waals surface area contributed by atoms with E-state index in [2.05, 4.69) is 9.97 Å². The maximum absolute atomic E-state index is 13.8. The molecule has 1 fully saturated rings. The maximum atomic E-state index is 13.8. The molecule has 0 amide bonds. The Kier molecular flexibility index (Phi) is 7.70. The molecule has 1 saturated heterocycles. The zero-order valence-electron chi connectivity index (χ0n) is 19.8. The van der Waals surface area contributed by atoms with Crippen LogP contribution in [-0.4, -0.2) is 53.4 Å². The Morgan fingerprint density at radius 2 is 1.83 bits per heavy atom. The number of piperidine rings is 1. The lowest BCUT2D eigenvalue weighted by Gasteiger charge is -2.31. The number of fused-ring (bicyclic) bond motifs is 1. The van der Waals surface area contributed by atoms with Crippen LogP contribution in [0, 0.1) is 17.6 Å². The van der Waals surface area contributed by atoms with Crippen LogP contribution in [0.1, 0.15) is 26.7 Å². The van der Waals surface area contributed by atoms with E-state index in [1.165, 1.54) is 10.6 Å². The first kappa shape index (κ1) is 24.7. The summed E-state index contributed by atoms with van der Waals surface area (Å²) in [6, 6.07) is 6.92. The summed E-state index contributed by atoms with van der Waals surface area (Å²) in [4.78, 5) is 36.6. The number of rotatable bonds is 8.